The number of carbonyl (C=O) groups is 2. The molecule has 88 valence electrons. The van der Waals surface area contributed by atoms with Gasteiger partial charge < -0.3 is 0 Å². The third kappa shape index (κ3) is 1.61. The van der Waals surface area contributed by atoms with Gasteiger partial charge in [-0.3, -0.25) is 9.59 Å². The molecule has 3 rings (SSSR count). The molecule has 1 aromatic heterocycles. The third-order valence-corrected chi connectivity index (χ3v) is 2.55. The minimum absolute atomic E-state index is 0.0362. The van der Waals surface area contributed by atoms with Gasteiger partial charge in [0.05, 0.1) is 6.54 Å². The Balaban J connectivity index is 2.01. The van der Waals surface area contributed by atoms with Crippen LogP contribution in [0.3, 0.4) is 0 Å². The maximum absolute atomic E-state index is 11.6. The number of hydrogen-bond donors (Lipinski definition) is 0. The lowest BCUT2D eigenvalue weighted by atomic mass is 10.2. The van der Waals surface area contributed by atoms with Crippen LogP contribution in [0.25, 0.3) is 0 Å². The van der Waals surface area contributed by atoms with Crippen LogP contribution in [-0.2, 0) is 6.54 Å². The number of nitrogens with zero attached hydrogens (tertiary/aromatic N) is 5. The second-order valence-corrected chi connectivity index (χ2v) is 3.74. The zero-order valence-corrected chi connectivity index (χ0v) is 9.15. The van der Waals surface area contributed by atoms with Crippen LogP contribution in [0.15, 0.2) is 40.6 Å². The number of aromatic nitrogens is 3. The van der Waals surface area contributed by atoms with Crippen LogP contribution in [0.2, 0.25) is 0 Å². The SMILES string of the molecule is O=C1N=NC(=O)c2c1nnn2Cc1ccccc1. The van der Waals surface area contributed by atoms with Crippen molar-refractivity contribution in [2.45, 2.75) is 6.54 Å². The largest absolute Gasteiger partial charge is 0.318 e. The quantitative estimate of drug-likeness (QED) is 0.786. The maximum atomic E-state index is 11.6. The molecule has 0 unspecified atom stereocenters. The summed E-state index contributed by atoms with van der Waals surface area (Å²) in [6.45, 7) is 0.359. The minimum Gasteiger partial charge on any atom is -0.263 e. The standard InChI is InChI=1S/C11H7N5O2/c17-10-8-9(11(18)14-13-10)16(15-12-8)6-7-4-2-1-3-5-7/h1-5H,6H2. The van der Waals surface area contributed by atoms with Gasteiger partial charge in [0.2, 0.25) is 0 Å². The summed E-state index contributed by atoms with van der Waals surface area (Å²) in [7, 11) is 0. The van der Waals surface area contributed by atoms with Gasteiger partial charge in [0, 0.05) is 0 Å². The summed E-state index contributed by atoms with van der Waals surface area (Å²) in [5, 5.41) is 13.9. The van der Waals surface area contributed by atoms with E-state index >= 15 is 0 Å². The second-order valence-electron chi connectivity index (χ2n) is 3.74. The van der Waals surface area contributed by atoms with Gasteiger partial charge in [0.25, 0.3) is 0 Å². The van der Waals surface area contributed by atoms with Crippen LogP contribution >= 0.6 is 0 Å². The number of fused-ring (bicyclic) bond motifs is 1. The Labute approximate surface area is 101 Å². The summed E-state index contributed by atoms with van der Waals surface area (Å²) in [5.41, 5.74) is 1.01. The molecule has 0 radical (unpaired) electrons. The van der Waals surface area contributed by atoms with Crippen molar-refractivity contribution in [1.82, 2.24) is 15.0 Å². The molecule has 7 heteroatoms. The molecule has 1 aromatic carbocycles. The number of amides is 2. The van der Waals surface area contributed by atoms with Crippen molar-refractivity contribution in [2.75, 3.05) is 0 Å². The summed E-state index contributed by atoms with van der Waals surface area (Å²) < 4.78 is 1.36. The highest BCUT2D eigenvalue weighted by molar-refractivity contribution is 6.08. The maximum Gasteiger partial charge on any atom is 0.318 e. The molecule has 0 atom stereocenters. The fourth-order valence-corrected chi connectivity index (χ4v) is 1.72. The van der Waals surface area contributed by atoms with E-state index in [0.29, 0.717) is 6.54 Å². The van der Waals surface area contributed by atoms with Crippen molar-refractivity contribution in [2.24, 2.45) is 10.2 Å². The van der Waals surface area contributed by atoms with Crippen LogP contribution in [0.4, 0.5) is 0 Å². The van der Waals surface area contributed by atoms with E-state index in [1.165, 1.54) is 4.68 Å². The van der Waals surface area contributed by atoms with E-state index in [0.717, 1.165) is 5.56 Å². The summed E-state index contributed by atoms with van der Waals surface area (Å²) in [4.78, 5) is 23.0. The van der Waals surface area contributed by atoms with Crippen LogP contribution in [0.5, 0.6) is 0 Å². The van der Waals surface area contributed by atoms with E-state index in [1.54, 1.807) is 0 Å². The van der Waals surface area contributed by atoms with Crippen LogP contribution < -0.4 is 0 Å². The summed E-state index contributed by atoms with van der Waals surface area (Å²) in [6.07, 6.45) is 0. The molecule has 0 saturated heterocycles. The Morgan fingerprint density at radius 2 is 1.72 bits per heavy atom. The number of benzene rings is 1. The molecule has 0 aliphatic carbocycles. The van der Waals surface area contributed by atoms with Crippen molar-refractivity contribution in [3.8, 4) is 0 Å². The molecule has 0 saturated carbocycles. The Bertz CT molecular complexity index is 659. The zero-order valence-electron chi connectivity index (χ0n) is 9.15. The molecular weight excluding hydrogens is 234 g/mol. The molecule has 0 bridgehead atoms. The van der Waals surface area contributed by atoms with E-state index in [9.17, 15) is 9.59 Å². The van der Waals surface area contributed by atoms with Gasteiger partial charge in [-0.2, -0.15) is 0 Å². The van der Waals surface area contributed by atoms with E-state index in [2.05, 4.69) is 20.5 Å². The topological polar surface area (TPSA) is 89.6 Å². The Morgan fingerprint density at radius 3 is 2.50 bits per heavy atom. The zero-order chi connectivity index (χ0) is 12.5. The first-order valence-electron chi connectivity index (χ1n) is 5.23. The fourth-order valence-electron chi connectivity index (χ4n) is 1.72. The highest BCUT2D eigenvalue weighted by Gasteiger charge is 2.29. The molecule has 1 aliphatic heterocycles. The van der Waals surface area contributed by atoms with Gasteiger partial charge in [-0.05, 0) is 5.56 Å². The van der Waals surface area contributed by atoms with Crippen molar-refractivity contribution >= 4 is 11.8 Å². The van der Waals surface area contributed by atoms with Crippen molar-refractivity contribution in [3.05, 3.63) is 47.3 Å². The van der Waals surface area contributed by atoms with E-state index in [-0.39, 0.29) is 11.4 Å². The predicted octanol–water partition coefficient (Wildman–Crippen LogP) is 1.07. The van der Waals surface area contributed by atoms with Crippen LogP contribution in [0.1, 0.15) is 26.5 Å². The second kappa shape index (κ2) is 3.95. The molecule has 2 amide bonds. The first kappa shape index (κ1) is 10.5. The summed E-state index contributed by atoms with van der Waals surface area (Å²) in [5.74, 6) is -1.23. The van der Waals surface area contributed by atoms with E-state index in [4.69, 9.17) is 0 Å². The Morgan fingerprint density at radius 1 is 1.00 bits per heavy atom. The molecule has 1 aliphatic rings. The molecule has 2 heterocycles. The number of hydrogen-bond acceptors (Lipinski definition) is 4. The van der Waals surface area contributed by atoms with E-state index < -0.39 is 11.8 Å². The lowest BCUT2D eigenvalue weighted by Gasteiger charge is -2.05. The first-order chi connectivity index (χ1) is 8.75. The van der Waals surface area contributed by atoms with Crippen molar-refractivity contribution in [1.29, 1.82) is 0 Å². The normalized spacial score (nSPS) is 13.8. The molecule has 7 nitrogen and oxygen atoms in total. The van der Waals surface area contributed by atoms with Gasteiger partial charge in [-0.15, -0.1) is 15.3 Å². The average molecular weight is 241 g/mol. The van der Waals surface area contributed by atoms with Gasteiger partial charge in [0.1, 0.15) is 0 Å². The van der Waals surface area contributed by atoms with Crippen molar-refractivity contribution in [3.63, 3.8) is 0 Å². The minimum atomic E-state index is -0.635. The molecule has 0 spiro atoms. The summed E-state index contributed by atoms with van der Waals surface area (Å²) in [6, 6.07) is 9.44. The van der Waals surface area contributed by atoms with E-state index in [1.807, 2.05) is 30.3 Å². The predicted molar refractivity (Wildman–Crippen MR) is 59.1 cm³/mol. The molecule has 2 aromatic rings. The van der Waals surface area contributed by atoms with Crippen LogP contribution in [-0.4, -0.2) is 26.8 Å². The smallest absolute Gasteiger partial charge is 0.263 e. The van der Waals surface area contributed by atoms with Gasteiger partial charge in [-0.25, -0.2) is 4.68 Å². The molecular formula is C11H7N5O2. The molecule has 0 N–H and O–H groups in total. The average Bonchev–Trinajstić information content (AvgIpc) is 2.80. The number of azo groups is 1. The lowest BCUT2D eigenvalue weighted by Crippen LogP contribution is -2.16. The number of rotatable bonds is 2. The van der Waals surface area contributed by atoms with Crippen LogP contribution in [0, 0.1) is 0 Å². The van der Waals surface area contributed by atoms with Crippen molar-refractivity contribution < 1.29 is 9.59 Å². The highest BCUT2D eigenvalue weighted by atomic mass is 16.2. The highest BCUT2D eigenvalue weighted by Crippen LogP contribution is 2.15. The monoisotopic (exact) mass is 241 g/mol. The fraction of sp³-hybridized carbons (Fsp3) is 0.0909. The third-order valence-electron chi connectivity index (χ3n) is 2.55. The Hall–Kier alpha value is -2.70. The molecule has 0 fully saturated rings. The molecule has 18 heavy (non-hydrogen) atoms. The number of carbonyl (C=O) groups excluding carboxylic acids is 2. The first-order valence-corrected chi connectivity index (χ1v) is 5.23. The lowest BCUT2D eigenvalue weighted by molar-refractivity contribution is 0.0912. The Kier molecular flexibility index (Phi) is 2.30. The van der Waals surface area contributed by atoms with Gasteiger partial charge in [-0.1, -0.05) is 35.5 Å². The van der Waals surface area contributed by atoms with Gasteiger partial charge >= 0.3 is 11.8 Å². The van der Waals surface area contributed by atoms with Gasteiger partial charge in [0.15, 0.2) is 11.4 Å². The summed E-state index contributed by atoms with van der Waals surface area (Å²) >= 11 is 0.